The highest BCUT2D eigenvalue weighted by molar-refractivity contribution is 5.88. The Morgan fingerprint density at radius 3 is 2.60 bits per heavy atom. The van der Waals surface area contributed by atoms with Gasteiger partial charge in [0.05, 0.1) is 0 Å². The number of nitrogens with one attached hydrogen (secondary N) is 1. The molecule has 1 rings (SSSR count). The second-order valence-corrected chi connectivity index (χ2v) is 5.85. The molecule has 1 heterocycles. The average molecular weight is 286 g/mol. The molecular formula is C13H22N2O5. The number of ether oxygens (including phenoxy) is 1. The lowest BCUT2D eigenvalue weighted by molar-refractivity contribution is -0.144. The van der Waals surface area contributed by atoms with E-state index in [1.54, 1.807) is 20.8 Å². The minimum atomic E-state index is -1.06. The fourth-order valence-corrected chi connectivity index (χ4v) is 2.01. The molecule has 2 amide bonds. The zero-order chi connectivity index (χ0) is 15.3. The van der Waals surface area contributed by atoms with Crippen LogP contribution in [-0.2, 0) is 14.3 Å². The van der Waals surface area contributed by atoms with E-state index in [0.717, 1.165) is 12.8 Å². The molecule has 0 spiro atoms. The van der Waals surface area contributed by atoms with E-state index in [1.807, 2.05) is 0 Å². The number of likely N-dealkylation sites (tertiary alicyclic amines) is 1. The van der Waals surface area contributed by atoms with Gasteiger partial charge in [0, 0.05) is 6.54 Å². The molecule has 114 valence electrons. The van der Waals surface area contributed by atoms with Gasteiger partial charge in [-0.3, -0.25) is 9.59 Å². The van der Waals surface area contributed by atoms with Gasteiger partial charge in [-0.15, -0.1) is 0 Å². The molecule has 7 heteroatoms. The van der Waals surface area contributed by atoms with Crippen LogP contribution in [0.5, 0.6) is 0 Å². The third-order valence-electron chi connectivity index (χ3n) is 2.80. The van der Waals surface area contributed by atoms with Gasteiger partial charge in [0.1, 0.15) is 18.2 Å². The predicted octanol–water partition coefficient (Wildman–Crippen LogP) is 0.977. The monoisotopic (exact) mass is 286 g/mol. The molecule has 0 aromatic heterocycles. The summed E-state index contributed by atoms with van der Waals surface area (Å²) in [6, 6.07) is -0.716. The Balaban J connectivity index is 2.65. The van der Waals surface area contributed by atoms with E-state index in [4.69, 9.17) is 9.84 Å². The van der Waals surface area contributed by atoms with Crippen LogP contribution in [0.2, 0.25) is 0 Å². The van der Waals surface area contributed by atoms with Crippen LogP contribution in [-0.4, -0.2) is 52.7 Å². The summed E-state index contributed by atoms with van der Waals surface area (Å²) in [5.41, 5.74) is -0.640. The molecule has 1 saturated heterocycles. The largest absolute Gasteiger partial charge is 0.480 e. The van der Waals surface area contributed by atoms with Crippen LogP contribution in [0.25, 0.3) is 0 Å². The van der Waals surface area contributed by atoms with E-state index in [2.05, 4.69) is 5.32 Å². The molecule has 0 unspecified atom stereocenters. The first kappa shape index (κ1) is 16.3. The third kappa shape index (κ3) is 5.46. The smallest absolute Gasteiger partial charge is 0.408 e. The van der Waals surface area contributed by atoms with Gasteiger partial charge in [0.2, 0.25) is 5.91 Å². The SMILES string of the molecule is CC(C)(C)OC(=O)N[C@H]1CCCCN(CC(=O)O)C1=O. The predicted molar refractivity (Wildman–Crippen MR) is 71.2 cm³/mol. The molecule has 1 aliphatic rings. The highest BCUT2D eigenvalue weighted by Crippen LogP contribution is 2.13. The lowest BCUT2D eigenvalue weighted by Gasteiger charge is -2.25. The maximum Gasteiger partial charge on any atom is 0.408 e. The zero-order valence-corrected chi connectivity index (χ0v) is 12.1. The summed E-state index contributed by atoms with van der Waals surface area (Å²) in [5.74, 6) is -1.42. The van der Waals surface area contributed by atoms with Crippen LogP contribution < -0.4 is 5.32 Å². The number of carbonyl (C=O) groups is 3. The number of hydrogen-bond donors (Lipinski definition) is 2. The standard InChI is InChI=1S/C13H22N2O5/c1-13(2,3)20-12(19)14-9-6-4-5-7-15(11(9)18)8-10(16)17/h9H,4-8H2,1-3H3,(H,14,19)(H,16,17)/t9-/m0/s1. The van der Waals surface area contributed by atoms with Crippen LogP contribution in [0.1, 0.15) is 40.0 Å². The second kappa shape index (κ2) is 6.58. The van der Waals surface area contributed by atoms with Crippen molar-refractivity contribution in [2.45, 2.75) is 51.7 Å². The van der Waals surface area contributed by atoms with Crippen LogP contribution in [0.4, 0.5) is 4.79 Å². The van der Waals surface area contributed by atoms with E-state index in [0.29, 0.717) is 13.0 Å². The molecule has 0 aliphatic carbocycles. The summed E-state index contributed by atoms with van der Waals surface area (Å²) in [4.78, 5) is 35.9. The van der Waals surface area contributed by atoms with Gasteiger partial charge in [-0.1, -0.05) is 0 Å². The van der Waals surface area contributed by atoms with Crippen molar-refractivity contribution in [2.24, 2.45) is 0 Å². The topological polar surface area (TPSA) is 95.9 Å². The van der Waals surface area contributed by atoms with Gasteiger partial charge in [-0.2, -0.15) is 0 Å². The number of amides is 2. The van der Waals surface area contributed by atoms with E-state index in [-0.39, 0.29) is 12.5 Å². The molecule has 1 atom stereocenters. The van der Waals surface area contributed by atoms with Crippen molar-refractivity contribution in [3.8, 4) is 0 Å². The second-order valence-electron chi connectivity index (χ2n) is 5.85. The Labute approximate surface area is 118 Å². The van der Waals surface area contributed by atoms with Crippen LogP contribution >= 0.6 is 0 Å². The fraction of sp³-hybridized carbons (Fsp3) is 0.769. The van der Waals surface area contributed by atoms with Crippen LogP contribution in [0.3, 0.4) is 0 Å². The molecule has 0 radical (unpaired) electrons. The van der Waals surface area contributed by atoms with Crippen molar-refractivity contribution >= 4 is 18.0 Å². The Morgan fingerprint density at radius 1 is 1.40 bits per heavy atom. The molecule has 1 fully saturated rings. The number of hydrogen-bond acceptors (Lipinski definition) is 4. The number of carboxylic acid groups (broad SMARTS) is 1. The van der Waals surface area contributed by atoms with E-state index >= 15 is 0 Å². The summed E-state index contributed by atoms with van der Waals surface area (Å²) in [7, 11) is 0. The van der Waals surface area contributed by atoms with Crippen molar-refractivity contribution in [3.05, 3.63) is 0 Å². The summed E-state index contributed by atoms with van der Waals surface area (Å²) in [6.07, 6.45) is 1.32. The van der Waals surface area contributed by atoms with Crippen LogP contribution in [0, 0.1) is 0 Å². The normalized spacial score (nSPS) is 20.2. The van der Waals surface area contributed by atoms with Gasteiger partial charge < -0.3 is 20.1 Å². The van der Waals surface area contributed by atoms with Crippen molar-refractivity contribution in [2.75, 3.05) is 13.1 Å². The van der Waals surface area contributed by atoms with Gasteiger partial charge in [-0.25, -0.2) is 4.79 Å². The first-order chi connectivity index (χ1) is 9.19. The number of carbonyl (C=O) groups excluding carboxylic acids is 2. The van der Waals surface area contributed by atoms with Crippen molar-refractivity contribution in [3.63, 3.8) is 0 Å². The quantitative estimate of drug-likeness (QED) is 0.806. The molecule has 20 heavy (non-hydrogen) atoms. The molecular weight excluding hydrogens is 264 g/mol. The lowest BCUT2D eigenvalue weighted by Crippen LogP contribution is -2.49. The average Bonchev–Trinajstić information content (AvgIpc) is 2.41. The summed E-state index contributed by atoms with van der Waals surface area (Å²) >= 11 is 0. The molecule has 1 aliphatic heterocycles. The summed E-state index contributed by atoms with van der Waals surface area (Å²) in [5, 5.41) is 11.3. The fourth-order valence-electron chi connectivity index (χ4n) is 2.01. The minimum Gasteiger partial charge on any atom is -0.480 e. The van der Waals surface area contributed by atoms with Crippen LogP contribution in [0.15, 0.2) is 0 Å². The first-order valence-electron chi connectivity index (χ1n) is 6.69. The first-order valence-corrected chi connectivity index (χ1v) is 6.69. The Bertz CT molecular complexity index is 389. The maximum absolute atomic E-state index is 12.2. The molecule has 0 aromatic carbocycles. The summed E-state index contributed by atoms with van der Waals surface area (Å²) < 4.78 is 5.11. The Kier molecular flexibility index (Phi) is 5.35. The van der Waals surface area contributed by atoms with Crippen molar-refractivity contribution in [1.29, 1.82) is 0 Å². The summed E-state index contributed by atoms with van der Waals surface area (Å²) in [6.45, 7) is 5.26. The third-order valence-corrected chi connectivity index (χ3v) is 2.80. The number of nitrogens with zero attached hydrogens (tertiary/aromatic N) is 1. The Hall–Kier alpha value is -1.79. The number of carboxylic acids is 1. The Morgan fingerprint density at radius 2 is 2.05 bits per heavy atom. The van der Waals surface area contributed by atoms with Gasteiger partial charge >= 0.3 is 12.1 Å². The lowest BCUT2D eigenvalue weighted by atomic mass is 10.1. The number of aliphatic carboxylic acids is 1. The van der Waals surface area contributed by atoms with Crippen molar-refractivity contribution < 1.29 is 24.2 Å². The minimum absolute atomic E-state index is 0.342. The number of alkyl carbamates (subject to hydrolysis) is 1. The van der Waals surface area contributed by atoms with Gasteiger partial charge in [0.25, 0.3) is 0 Å². The molecule has 0 aromatic rings. The highest BCUT2D eigenvalue weighted by atomic mass is 16.6. The number of rotatable bonds is 3. The zero-order valence-electron chi connectivity index (χ0n) is 12.1. The molecule has 0 bridgehead atoms. The van der Waals surface area contributed by atoms with E-state index in [9.17, 15) is 14.4 Å². The molecule has 2 N–H and O–H groups in total. The highest BCUT2D eigenvalue weighted by Gasteiger charge is 2.30. The van der Waals surface area contributed by atoms with Gasteiger partial charge in [0.15, 0.2) is 0 Å². The van der Waals surface area contributed by atoms with E-state index in [1.165, 1.54) is 4.90 Å². The van der Waals surface area contributed by atoms with E-state index < -0.39 is 23.7 Å². The maximum atomic E-state index is 12.2. The molecule has 7 nitrogen and oxygen atoms in total. The van der Waals surface area contributed by atoms with Crippen molar-refractivity contribution in [1.82, 2.24) is 10.2 Å². The van der Waals surface area contributed by atoms with Gasteiger partial charge in [-0.05, 0) is 40.0 Å². The molecule has 0 saturated carbocycles.